The Morgan fingerprint density at radius 2 is 2.18 bits per heavy atom. The number of carbonyl (C=O) groups is 1. The van der Waals surface area contributed by atoms with Gasteiger partial charge >= 0.3 is 0 Å². The summed E-state index contributed by atoms with van der Waals surface area (Å²) in [6.45, 7) is 1.91. The van der Waals surface area contributed by atoms with E-state index in [0.717, 1.165) is 44.2 Å². The lowest BCUT2D eigenvalue weighted by atomic mass is 9.97. The fraction of sp³-hybridized carbons (Fsp3) is 0.588. The first-order valence-electron chi connectivity index (χ1n) is 7.97. The van der Waals surface area contributed by atoms with E-state index >= 15 is 0 Å². The molecule has 1 amide bonds. The van der Waals surface area contributed by atoms with Crippen LogP contribution in [-0.2, 0) is 4.79 Å². The molecule has 22 heavy (non-hydrogen) atoms. The van der Waals surface area contributed by atoms with Crippen molar-refractivity contribution in [3.05, 3.63) is 29.8 Å². The van der Waals surface area contributed by atoms with Crippen LogP contribution in [0.25, 0.3) is 0 Å². The van der Waals surface area contributed by atoms with Crippen molar-refractivity contribution in [2.24, 2.45) is 5.92 Å². The summed E-state index contributed by atoms with van der Waals surface area (Å²) in [6.07, 6.45) is 6.74. The number of rotatable bonds is 7. The molecular weight excluding hydrogens is 288 g/mol. The predicted molar refractivity (Wildman–Crippen MR) is 80.6 cm³/mol. The van der Waals surface area contributed by atoms with Crippen LogP contribution in [0.3, 0.4) is 0 Å². The SMILES string of the molecule is CCCCC1CCCC1NC(=O)COc1ccc(F)cc1F. The van der Waals surface area contributed by atoms with Crippen molar-refractivity contribution in [3.63, 3.8) is 0 Å². The van der Waals surface area contributed by atoms with Gasteiger partial charge in [-0.05, 0) is 37.3 Å². The first-order chi connectivity index (χ1) is 10.6. The molecule has 0 saturated heterocycles. The van der Waals surface area contributed by atoms with Crippen molar-refractivity contribution < 1.29 is 18.3 Å². The van der Waals surface area contributed by atoms with E-state index in [4.69, 9.17) is 4.74 Å². The molecule has 1 N–H and O–H groups in total. The Morgan fingerprint density at radius 1 is 1.36 bits per heavy atom. The second-order valence-electron chi connectivity index (χ2n) is 5.87. The Balaban J connectivity index is 1.80. The number of nitrogens with one attached hydrogen (secondary N) is 1. The van der Waals surface area contributed by atoms with E-state index in [1.54, 1.807) is 0 Å². The number of unbranched alkanes of at least 4 members (excludes halogenated alkanes) is 1. The molecule has 1 fully saturated rings. The van der Waals surface area contributed by atoms with Gasteiger partial charge in [-0.25, -0.2) is 8.78 Å². The molecule has 1 aromatic carbocycles. The lowest BCUT2D eigenvalue weighted by Gasteiger charge is -2.21. The standard InChI is InChI=1S/C17H23F2NO2/c1-2-3-5-12-6-4-7-15(12)20-17(21)11-22-16-9-8-13(18)10-14(16)19/h8-10,12,15H,2-7,11H2,1H3,(H,20,21). The van der Waals surface area contributed by atoms with Gasteiger partial charge in [0, 0.05) is 12.1 Å². The zero-order valence-electron chi connectivity index (χ0n) is 12.9. The zero-order chi connectivity index (χ0) is 15.9. The topological polar surface area (TPSA) is 38.3 Å². The van der Waals surface area contributed by atoms with Gasteiger partial charge in [0.1, 0.15) is 5.82 Å². The van der Waals surface area contributed by atoms with Crippen LogP contribution in [0.1, 0.15) is 45.4 Å². The van der Waals surface area contributed by atoms with Crippen molar-refractivity contribution >= 4 is 5.91 Å². The van der Waals surface area contributed by atoms with Gasteiger partial charge in [-0.1, -0.05) is 26.2 Å². The molecule has 0 radical (unpaired) electrons. The third-order valence-corrected chi connectivity index (χ3v) is 4.19. The minimum absolute atomic E-state index is 0.106. The van der Waals surface area contributed by atoms with Crippen molar-refractivity contribution in [3.8, 4) is 5.75 Å². The summed E-state index contributed by atoms with van der Waals surface area (Å²) in [6, 6.07) is 3.23. The Kier molecular flexibility index (Phi) is 6.16. The quantitative estimate of drug-likeness (QED) is 0.831. The van der Waals surface area contributed by atoms with Crippen LogP contribution in [0.2, 0.25) is 0 Å². The largest absolute Gasteiger partial charge is 0.481 e. The molecule has 2 atom stereocenters. The monoisotopic (exact) mass is 311 g/mol. The molecule has 5 heteroatoms. The first-order valence-corrected chi connectivity index (χ1v) is 7.97. The molecule has 1 aliphatic rings. The number of amides is 1. The minimum Gasteiger partial charge on any atom is -0.481 e. The lowest BCUT2D eigenvalue weighted by Crippen LogP contribution is -2.40. The van der Waals surface area contributed by atoms with Gasteiger partial charge in [-0.3, -0.25) is 4.79 Å². The number of hydrogen-bond donors (Lipinski definition) is 1. The fourth-order valence-corrected chi connectivity index (χ4v) is 3.02. The van der Waals surface area contributed by atoms with Crippen molar-refractivity contribution in [2.45, 2.75) is 51.5 Å². The van der Waals surface area contributed by atoms with E-state index in [-0.39, 0.29) is 24.3 Å². The van der Waals surface area contributed by atoms with Crippen LogP contribution in [0.15, 0.2) is 18.2 Å². The van der Waals surface area contributed by atoms with Crippen LogP contribution < -0.4 is 10.1 Å². The maximum absolute atomic E-state index is 13.4. The summed E-state index contributed by atoms with van der Waals surface area (Å²) in [7, 11) is 0. The highest BCUT2D eigenvalue weighted by Gasteiger charge is 2.27. The normalized spacial score (nSPS) is 20.9. The summed E-state index contributed by atoms with van der Waals surface area (Å²) in [4.78, 5) is 11.9. The van der Waals surface area contributed by atoms with Crippen molar-refractivity contribution in [2.75, 3.05) is 6.61 Å². The van der Waals surface area contributed by atoms with E-state index in [1.165, 1.54) is 12.5 Å². The molecule has 3 nitrogen and oxygen atoms in total. The Bertz CT molecular complexity index is 507. The molecule has 1 saturated carbocycles. The molecule has 2 rings (SSSR count). The minimum atomic E-state index is -0.797. The van der Waals surface area contributed by atoms with Crippen LogP contribution in [0.5, 0.6) is 5.75 Å². The van der Waals surface area contributed by atoms with E-state index in [1.807, 2.05) is 0 Å². The van der Waals surface area contributed by atoms with E-state index in [9.17, 15) is 13.6 Å². The molecule has 1 aromatic rings. The molecule has 1 aliphatic carbocycles. The van der Waals surface area contributed by atoms with Crippen LogP contribution in [-0.4, -0.2) is 18.6 Å². The third-order valence-electron chi connectivity index (χ3n) is 4.19. The van der Waals surface area contributed by atoms with Gasteiger partial charge in [-0.15, -0.1) is 0 Å². The number of benzene rings is 1. The summed E-state index contributed by atoms with van der Waals surface area (Å²) in [5.41, 5.74) is 0. The average molecular weight is 311 g/mol. The summed E-state index contributed by atoms with van der Waals surface area (Å²) in [5, 5.41) is 2.98. The second kappa shape index (κ2) is 8.11. The molecule has 2 unspecified atom stereocenters. The van der Waals surface area contributed by atoms with E-state index in [2.05, 4.69) is 12.2 Å². The fourth-order valence-electron chi connectivity index (χ4n) is 3.02. The van der Waals surface area contributed by atoms with Gasteiger partial charge in [0.05, 0.1) is 0 Å². The molecule has 0 aromatic heterocycles. The highest BCUT2D eigenvalue weighted by Crippen LogP contribution is 2.29. The van der Waals surface area contributed by atoms with Gasteiger partial charge in [-0.2, -0.15) is 0 Å². The molecule has 0 aliphatic heterocycles. The molecular formula is C17H23F2NO2. The smallest absolute Gasteiger partial charge is 0.258 e. The van der Waals surface area contributed by atoms with Gasteiger partial charge in [0.15, 0.2) is 18.2 Å². The van der Waals surface area contributed by atoms with Gasteiger partial charge < -0.3 is 10.1 Å². The van der Waals surface area contributed by atoms with Crippen molar-refractivity contribution in [1.29, 1.82) is 0 Å². The molecule has 0 heterocycles. The zero-order valence-corrected chi connectivity index (χ0v) is 12.9. The van der Waals surface area contributed by atoms with Crippen LogP contribution in [0, 0.1) is 17.6 Å². The lowest BCUT2D eigenvalue weighted by molar-refractivity contribution is -0.124. The molecule has 0 spiro atoms. The maximum atomic E-state index is 13.4. The molecule has 122 valence electrons. The van der Waals surface area contributed by atoms with E-state index < -0.39 is 11.6 Å². The first kappa shape index (κ1) is 16.7. The number of ether oxygens (including phenoxy) is 1. The summed E-state index contributed by atoms with van der Waals surface area (Å²) in [5.74, 6) is -1.29. The number of carbonyl (C=O) groups excluding carboxylic acids is 1. The second-order valence-corrected chi connectivity index (χ2v) is 5.87. The summed E-state index contributed by atoms with van der Waals surface area (Å²) < 4.78 is 31.3. The number of hydrogen-bond acceptors (Lipinski definition) is 2. The third kappa shape index (κ3) is 4.68. The van der Waals surface area contributed by atoms with Crippen LogP contribution in [0.4, 0.5) is 8.78 Å². The predicted octanol–water partition coefficient (Wildman–Crippen LogP) is 3.82. The Hall–Kier alpha value is -1.65. The van der Waals surface area contributed by atoms with Crippen molar-refractivity contribution in [1.82, 2.24) is 5.32 Å². The number of halogens is 2. The molecule has 0 bridgehead atoms. The Labute approximate surface area is 130 Å². The maximum Gasteiger partial charge on any atom is 0.258 e. The average Bonchev–Trinajstić information content (AvgIpc) is 2.91. The Morgan fingerprint density at radius 3 is 2.91 bits per heavy atom. The van der Waals surface area contributed by atoms with Gasteiger partial charge in [0.2, 0.25) is 0 Å². The highest BCUT2D eigenvalue weighted by atomic mass is 19.1. The van der Waals surface area contributed by atoms with E-state index in [0.29, 0.717) is 5.92 Å². The van der Waals surface area contributed by atoms with Gasteiger partial charge in [0.25, 0.3) is 5.91 Å². The summed E-state index contributed by atoms with van der Waals surface area (Å²) >= 11 is 0. The highest BCUT2D eigenvalue weighted by molar-refractivity contribution is 5.77. The van der Waals surface area contributed by atoms with Crippen LogP contribution >= 0.6 is 0 Å².